The second kappa shape index (κ2) is 8.51. The fourth-order valence-electron chi connectivity index (χ4n) is 2.56. The fraction of sp³-hybridized carbons (Fsp3) is 0.150. The molecule has 1 aromatic carbocycles. The number of hydrogen-bond donors (Lipinski definition) is 2. The van der Waals surface area contributed by atoms with Gasteiger partial charge >= 0.3 is 0 Å². The minimum atomic E-state index is 0.210. The van der Waals surface area contributed by atoms with Gasteiger partial charge in [-0.1, -0.05) is 17.7 Å². The standard InChI is InChI=1S/C20H19ClN4O2/c1-23-11-16(13-8-19-18(24-10-13)6-7-20(21)25-19)17(22)12-27-15-5-3-4-14(9-15)26-2/h3-11H,12,22H2,1-2H3/p+1. The first kappa shape index (κ1) is 18.7. The molecule has 0 aliphatic heterocycles. The number of pyridine rings is 2. The topological polar surface area (TPSA) is 84.2 Å². The number of nitrogens with two attached hydrogens (primary N) is 1. The third-order valence-corrected chi connectivity index (χ3v) is 4.10. The Morgan fingerprint density at radius 3 is 2.78 bits per heavy atom. The Bertz CT molecular complexity index is 1020. The van der Waals surface area contributed by atoms with Gasteiger partial charge in [0.05, 0.1) is 29.4 Å². The van der Waals surface area contributed by atoms with Crippen molar-refractivity contribution in [3.63, 3.8) is 0 Å². The van der Waals surface area contributed by atoms with E-state index in [9.17, 15) is 0 Å². The molecule has 0 aliphatic carbocycles. The van der Waals surface area contributed by atoms with Crippen LogP contribution in [0.2, 0.25) is 5.15 Å². The Labute approximate surface area is 162 Å². The Morgan fingerprint density at radius 1 is 1.19 bits per heavy atom. The highest BCUT2D eigenvalue weighted by molar-refractivity contribution is 6.29. The molecule has 3 N–H and O–H groups in total. The van der Waals surface area contributed by atoms with E-state index in [0.717, 1.165) is 22.4 Å². The first-order valence-corrected chi connectivity index (χ1v) is 8.67. The maximum atomic E-state index is 6.31. The highest BCUT2D eigenvalue weighted by Gasteiger charge is 2.11. The lowest BCUT2D eigenvalue weighted by Crippen LogP contribution is -2.63. The van der Waals surface area contributed by atoms with Crippen molar-refractivity contribution in [1.29, 1.82) is 0 Å². The Hall–Kier alpha value is -3.12. The summed E-state index contributed by atoms with van der Waals surface area (Å²) in [5, 5.41) is 0.416. The first-order valence-electron chi connectivity index (χ1n) is 8.29. The molecule has 0 unspecified atom stereocenters. The number of nitrogens with one attached hydrogen (secondary N) is 1. The molecule has 7 heteroatoms. The Morgan fingerprint density at radius 2 is 2.00 bits per heavy atom. The molecule has 0 atom stereocenters. The minimum Gasteiger partial charge on any atom is -0.497 e. The lowest BCUT2D eigenvalue weighted by atomic mass is 10.1. The molecule has 2 heterocycles. The van der Waals surface area contributed by atoms with Gasteiger partial charge in [-0.05, 0) is 30.3 Å². The van der Waals surface area contributed by atoms with Crippen LogP contribution in [-0.2, 0) is 0 Å². The number of methoxy groups -OCH3 is 1. The van der Waals surface area contributed by atoms with Crippen LogP contribution in [0, 0.1) is 0 Å². The van der Waals surface area contributed by atoms with Crippen molar-refractivity contribution >= 4 is 34.4 Å². The summed E-state index contributed by atoms with van der Waals surface area (Å²) in [6, 6.07) is 12.8. The lowest BCUT2D eigenvalue weighted by Gasteiger charge is -2.10. The van der Waals surface area contributed by atoms with Crippen molar-refractivity contribution in [1.82, 2.24) is 9.97 Å². The third-order valence-electron chi connectivity index (χ3n) is 3.88. The van der Waals surface area contributed by atoms with Crippen LogP contribution in [-0.4, -0.2) is 36.9 Å². The summed E-state index contributed by atoms with van der Waals surface area (Å²) in [6.45, 7) is 0.210. The molecule has 27 heavy (non-hydrogen) atoms. The number of rotatable bonds is 6. The molecule has 0 radical (unpaired) electrons. The lowest BCUT2D eigenvalue weighted by molar-refractivity contribution is -0.412. The van der Waals surface area contributed by atoms with Crippen molar-refractivity contribution in [3.05, 3.63) is 65.1 Å². The van der Waals surface area contributed by atoms with E-state index < -0.39 is 0 Å². The molecule has 138 valence electrons. The smallest absolute Gasteiger partial charge is 0.171 e. The van der Waals surface area contributed by atoms with Crippen molar-refractivity contribution in [2.45, 2.75) is 0 Å². The molecule has 0 fully saturated rings. The summed E-state index contributed by atoms with van der Waals surface area (Å²) in [4.78, 5) is 11.8. The molecule has 0 amide bonds. The SMILES string of the molecule is C[NH+]=CC(=C(N)COc1cccc(OC)c1)c1cnc2ccc(Cl)nc2c1. The van der Waals surface area contributed by atoms with Crippen LogP contribution in [0.1, 0.15) is 5.56 Å². The summed E-state index contributed by atoms with van der Waals surface area (Å²) < 4.78 is 11.0. The highest BCUT2D eigenvalue weighted by Crippen LogP contribution is 2.22. The van der Waals surface area contributed by atoms with Gasteiger partial charge in [0.2, 0.25) is 0 Å². The number of fused-ring (bicyclic) bond motifs is 1. The molecule has 0 saturated carbocycles. The van der Waals surface area contributed by atoms with Gasteiger partial charge < -0.3 is 15.2 Å². The van der Waals surface area contributed by atoms with Crippen molar-refractivity contribution in [3.8, 4) is 11.5 Å². The monoisotopic (exact) mass is 383 g/mol. The second-order valence-electron chi connectivity index (χ2n) is 5.74. The molecule has 0 spiro atoms. The van der Waals surface area contributed by atoms with Crippen LogP contribution in [0.4, 0.5) is 0 Å². The number of hydrogen-bond acceptors (Lipinski definition) is 5. The molecule has 0 aliphatic rings. The van der Waals surface area contributed by atoms with E-state index in [1.165, 1.54) is 0 Å². The largest absolute Gasteiger partial charge is 0.497 e. The van der Waals surface area contributed by atoms with Crippen LogP contribution in [0.15, 0.2) is 54.4 Å². The average Bonchev–Trinajstić information content (AvgIpc) is 2.69. The minimum absolute atomic E-state index is 0.210. The van der Waals surface area contributed by atoms with E-state index in [1.807, 2.05) is 30.3 Å². The first-order chi connectivity index (χ1) is 13.1. The fourth-order valence-corrected chi connectivity index (χ4v) is 2.72. The summed E-state index contributed by atoms with van der Waals surface area (Å²) >= 11 is 5.99. The van der Waals surface area contributed by atoms with E-state index in [0.29, 0.717) is 22.1 Å². The predicted octanol–water partition coefficient (Wildman–Crippen LogP) is 1.82. The van der Waals surface area contributed by atoms with E-state index in [4.69, 9.17) is 26.8 Å². The third kappa shape index (κ3) is 4.54. The number of aromatic nitrogens is 2. The zero-order chi connectivity index (χ0) is 19.2. The van der Waals surface area contributed by atoms with Crippen LogP contribution >= 0.6 is 11.6 Å². The van der Waals surface area contributed by atoms with Gasteiger partial charge in [0.25, 0.3) is 0 Å². The maximum absolute atomic E-state index is 6.31. The molecular formula is C20H20ClN4O2+. The Balaban J connectivity index is 1.90. The van der Waals surface area contributed by atoms with Gasteiger partial charge in [0, 0.05) is 17.8 Å². The summed E-state index contributed by atoms with van der Waals surface area (Å²) in [5.41, 5.74) is 9.91. The molecule has 2 aromatic heterocycles. The predicted molar refractivity (Wildman–Crippen MR) is 107 cm³/mol. The van der Waals surface area contributed by atoms with E-state index >= 15 is 0 Å². The zero-order valence-electron chi connectivity index (χ0n) is 15.1. The van der Waals surface area contributed by atoms with E-state index in [-0.39, 0.29) is 6.61 Å². The number of nitrogens with zero attached hydrogens (tertiary/aromatic N) is 2. The highest BCUT2D eigenvalue weighted by atomic mass is 35.5. The normalized spacial score (nSPS) is 12.3. The average molecular weight is 384 g/mol. The molecule has 3 aromatic rings. The van der Waals surface area contributed by atoms with Crippen molar-refractivity contribution in [2.75, 3.05) is 20.8 Å². The number of ether oxygens (including phenoxy) is 2. The quantitative estimate of drug-likeness (QED) is 0.501. The zero-order valence-corrected chi connectivity index (χ0v) is 15.8. The van der Waals surface area contributed by atoms with Gasteiger partial charge in [0.1, 0.15) is 30.3 Å². The van der Waals surface area contributed by atoms with Gasteiger partial charge in [-0.25, -0.2) is 4.98 Å². The Kier molecular flexibility index (Phi) is 5.88. The van der Waals surface area contributed by atoms with Crippen LogP contribution in [0.3, 0.4) is 0 Å². The summed E-state index contributed by atoms with van der Waals surface area (Å²) in [7, 11) is 3.42. The number of halogens is 1. The molecule has 3 rings (SSSR count). The van der Waals surface area contributed by atoms with E-state index in [1.54, 1.807) is 38.7 Å². The molecule has 6 nitrogen and oxygen atoms in total. The summed E-state index contributed by atoms with van der Waals surface area (Å²) in [5.74, 6) is 1.39. The van der Waals surface area contributed by atoms with Gasteiger partial charge in [-0.2, -0.15) is 0 Å². The van der Waals surface area contributed by atoms with Crippen molar-refractivity contribution < 1.29 is 14.5 Å². The van der Waals surface area contributed by atoms with E-state index in [2.05, 4.69) is 15.0 Å². The van der Waals surface area contributed by atoms with Crippen LogP contribution in [0.5, 0.6) is 11.5 Å². The molecular weight excluding hydrogens is 364 g/mol. The van der Waals surface area contributed by atoms with Crippen LogP contribution < -0.4 is 20.2 Å². The maximum Gasteiger partial charge on any atom is 0.171 e. The molecule has 0 bridgehead atoms. The van der Waals surface area contributed by atoms with Gasteiger partial charge in [0.15, 0.2) is 6.21 Å². The number of benzene rings is 1. The van der Waals surface area contributed by atoms with Crippen molar-refractivity contribution in [2.24, 2.45) is 5.73 Å². The van der Waals surface area contributed by atoms with Gasteiger partial charge in [-0.3, -0.25) is 9.98 Å². The van der Waals surface area contributed by atoms with Crippen LogP contribution in [0.25, 0.3) is 16.6 Å². The molecule has 0 saturated heterocycles. The number of allylic oxidation sites excluding steroid dienone is 1. The van der Waals surface area contributed by atoms with Gasteiger partial charge in [-0.15, -0.1) is 0 Å². The summed E-state index contributed by atoms with van der Waals surface area (Å²) in [6.07, 6.45) is 3.55. The second-order valence-corrected chi connectivity index (χ2v) is 6.12.